The van der Waals surface area contributed by atoms with Crippen molar-refractivity contribution in [1.29, 1.82) is 0 Å². The predicted molar refractivity (Wildman–Crippen MR) is 77.2 cm³/mol. The number of aromatic nitrogens is 2. The Labute approximate surface area is 117 Å². The van der Waals surface area contributed by atoms with Crippen molar-refractivity contribution in [2.75, 3.05) is 0 Å². The van der Waals surface area contributed by atoms with E-state index in [0.717, 1.165) is 9.84 Å². The molecule has 3 aromatic heterocycles. The fourth-order valence-electron chi connectivity index (χ4n) is 1.74. The van der Waals surface area contributed by atoms with Crippen LogP contribution in [0.2, 0.25) is 0 Å². The Hall–Kier alpha value is -1.99. The lowest BCUT2D eigenvalue weighted by molar-refractivity contribution is 0.0948. The largest absolute Gasteiger partial charge is 0.290 e. The number of hydrogen-bond acceptors (Lipinski definition) is 5. The van der Waals surface area contributed by atoms with Crippen molar-refractivity contribution in [3.8, 4) is 0 Å². The van der Waals surface area contributed by atoms with Gasteiger partial charge in [-0.2, -0.15) is 5.10 Å². The Balaban J connectivity index is 1.80. The number of hydrazone groups is 1. The number of carbonyl (C=O) groups is 1. The van der Waals surface area contributed by atoms with Gasteiger partial charge in [0.15, 0.2) is 4.96 Å². The molecule has 0 aliphatic carbocycles. The second-order valence-corrected chi connectivity index (χ2v) is 5.67. The molecule has 0 unspecified atom stereocenters. The van der Waals surface area contributed by atoms with Gasteiger partial charge >= 0.3 is 0 Å². The van der Waals surface area contributed by atoms with Crippen LogP contribution in [-0.2, 0) is 0 Å². The molecular formula is C12H10N4OS2. The molecule has 3 rings (SSSR count). The standard InChI is InChI=1S/C12H10N4OS2/c1-8-10(16-4-6-19-12(16)14-8)11(17)15-13-7-9-3-2-5-18-9/h2-7H,1H3,(H,15,17)/b13-7-. The lowest BCUT2D eigenvalue weighted by Gasteiger charge is -1.98. The second kappa shape index (κ2) is 4.94. The summed E-state index contributed by atoms with van der Waals surface area (Å²) in [5.74, 6) is -0.254. The van der Waals surface area contributed by atoms with Crippen molar-refractivity contribution in [3.05, 3.63) is 45.4 Å². The number of thiazole rings is 1. The van der Waals surface area contributed by atoms with Gasteiger partial charge in [0, 0.05) is 16.5 Å². The van der Waals surface area contributed by atoms with Crippen LogP contribution in [0.5, 0.6) is 0 Å². The molecule has 96 valence electrons. The molecule has 0 saturated carbocycles. The average Bonchev–Trinajstić information content (AvgIpc) is 3.05. The Morgan fingerprint density at radius 3 is 3.16 bits per heavy atom. The Morgan fingerprint density at radius 1 is 1.47 bits per heavy atom. The first-order valence-corrected chi connectivity index (χ1v) is 7.30. The van der Waals surface area contributed by atoms with Gasteiger partial charge in [-0.3, -0.25) is 9.20 Å². The molecule has 0 radical (unpaired) electrons. The number of hydrogen-bond donors (Lipinski definition) is 1. The molecule has 0 spiro atoms. The molecule has 0 saturated heterocycles. The molecule has 1 N–H and O–H groups in total. The molecule has 19 heavy (non-hydrogen) atoms. The van der Waals surface area contributed by atoms with Crippen LogP contribution in [0.25, 0.3) is 4.96 Å². The quantitative estimate of drug-likeness (QED) is 0.595. The molecule has 3 heterocycles. The number of imidazole rings is 1. The summed E-state index contributed by atoms with van der Waals surface area (Å²) in [6.07, 6.45) is 3.46. The molecule has 1 amide bonds. The predicted octanol–water partition coefficient (Wildman–Crippen LogP) is 2.53. The third-order valence-electron chi connectivity index (χ3n) is 2.55. The summed E-state index contributed by atoms with van der Waals surface area (Å²) in [6.45, 7) is 1.82. The minimum Gasteiger partial charge on any atom is -0.286 e. The number of aryl methyl sites for hydroxylation is 1. The van der Waals surface area contributed by atoms with Crippen molar-refractivity contribution in [2.45, 2.75) is 6.92 Å². The zero-order chi connectivity index (χ0) is 13.2. The number of rotatable bonds is 3. The highest BCUT2D eigenvalue weighted by Crippen LogP contribution is 2.16. The van der Waals surface area contributed by atoms with Crippen molar-refractivity contribution in [1.82, 2.24) is 14.8 Å². The lowest BCUT2D eigenvalue weighted by Crippen LogP contribution is -2.20. The molecule has 0 aliphatic heterocycles. The summed E-state index contributed by atoms with van der Waals surface area (Å²) in [7, 11) is 0. The van der Waals surface area contributed by atoms with Crippen LogP contribution in [0.3, 0.4) is 0 Å². The van der Waals surface area contributed by atoms with E-state index >= 15 is 0 Å². The maximum absolute atomic E-state index is 12.1. The average molecular weight is 290 g/mol. The van der Waals surface area contributed by atoms with Gasteiger partial charge in [0.25, 0.3) is 5.91 Å². The minimum absolute atomic E-state index is 0.254. The highest BCUT2D eigenvalue weighted by molar-refractivity contribution is 7.15. The summed E-state index contributed by atoms with van der Waals surface area (Å²) < 4.78 is 1.77. The Kier molecular flexibility index (Phi) is 3.14. The topological polar surface area (TPSA) is 58.8 Å². The molecular weight excluding hydrogens is 280 g/mol. The van der Waals surface area contributed by atoms with Crippen LogP contribution in [0.15, 0.2) is 34.2 Å². The Bertz CT molecular complexity index is 739. The number of amides is 1. The van der Waals surface area contributed by atoms with Gasteiger partial charge in [0.2, 0.25) is 0 Å². The maximum atomic E-state index is 12.1. The van der Waals surface area contributed by atoms with Crippen LogP contribution in [0.1, 0.15) is 21.1 Å². The van der Waals surface area contributed by atoms with Gasteiger partial charge in [0.1, 0.15) is 5.69 Å². The summed E-state index contributed by atoms with van der Waals surface area (Å²) in [5.41, 5.74) is 3.76. The number of fused-ring (bicyclic) bond motifs is 1. The highest BCUT2D eigenvalue weighted by Gasteiger charge is 2.16. The smallest absolute Gasteiger partial charge is 0.286 e. The normalized spacial score (nSPS) is 11.4. The van der Waals surface area contributed by atoms with E-state index in [9.17, 15) is 4.79 Å². The zero-order valence-corrected chi connectivity index (χ0v) is 11.7. The van der Waals surface area contributed by atoms with E-state index in [1.54, 1.807) is 22.0 Å². The van der Waals surface area contributed by atoms with E-state index < -0.39 is 0 Å². The van der Waals surface area contributed by atoms with E-state index in [-0.39, 0.29) is 5.91 Å². The van der Waals surface area contributed by atoms with Crippen molar-refractivity contribution in [2.24, 2.45) is 5.10 Å². The van der Waals surface area contributed by atoms with Gasteiger partial charge in [0.05, 0.1) is 11.9 Å². The fraction of sp³-hybridized carbons (Fsp3) is 0.0833. The third-order valence-corrected chi connectivity index (χ3v) is 4.12. The van der Waals surface area contributed by atoms with E-state index in [4.69, 9.17) is 0 Å². The first-order chi connectivity index (χ1) is 9.25. The van der Waals surface area contributed by atoms with Gasteiger partial charge in [-0.25, -0.2) is 10.4 Å². The van der Waals surface area contributed by atoms with E-state index in [0.29, 0.717) is 11.4 Å². The number of nitrogens with one attached hydrogen (secondary N) is 1. The van der Waals surface area contributed by atoms with Crippen LogP contribution in [-0.4, -0.2) is 21.5 Å². The number of nitrogens with zero attached hydrogens (tertiary/aromatic N) is 3. The first kappa shape index (κ1) is 12.1. The van der Waals surface area contributed by atoms with Crippen LogP contribution >= 0.6 is 22.7 Å². The van der Waals surface area contributed by atoms with Crippen LogP contribution in [0.4, 0.5) is 0 Å². The maximum Gasteiger partial charge on any atom is 0.290 e. The first-order valence-electron chi connectivity index (χ1n) is 5.55. The van der Waals surface area contributed by atoms with Gasteiger partial charge in [-0.05, 0) is 18.4 Å². The Morgan fingerprint density at radius 2 is 2.37 bits per heavy atom. The number of thiophene rings is 1. The molecule has 0 fully saturated rings. The molecule has 0 aliphatic rings. The van der Waals surface area contributed by atoms with E-state index in [1.165, 1.54) is 11.3 Å². The third kappa shape index (κ3) is 2.29. The highest BCUT2D eigenvalue weighted by atomic mass is 32.1. The number of carbonyl (C=O) groups excluding carboxylic acids is 1. The van der Waals surface area contributed by atoms with Crippen LogP contribution < -0.4 is 5.43 Å². The zero-order valence-electron chi connectivity index (χ0n) is 10.0. The molecule has 3 aromatic rings. The van der Waals surface area contributed by atoms with Crippen molar-refractivity contribution < 1.29 is 4.79 Å². The van der Waals surface area contributed by atoms with Crippen molar-refractivity contribution >= 4 is 39.8 Å². The SMILES string of the molecule is Cc1nc2sccn2c1C(=O)N/N=C\c1cccs1. The van der Waals surface area contributed by atoms with Gasteiger partial charge in [-0.1, -0.05) is 6.07 Å². The van der Waals surface area contributed by atoms with Crippen molar-refractivity contribution in [3.63, 3.8) is 0 Å². The summed E-state index contributed by atoms with van der Waals surface area (Å²) >= 11 is 3.06. The minimum atomic E-state index is -0.254. The molecule has 0 aromatic carbocycles. The summed E-state index contributed by atoms with van der Waals surface area (Å²) in [6, 6.07) is 3.87. The molecule has 0 bridgehead atoms. The van der Waals surface area contributed by atoms with E-state index in [1.807, 2.05) is 36.0 Å². The van der Waals surface area contributed by atoms with E-state index in [2.05, 4.69) is 15.5 Å². The summed E-state index contributed by atoms with van der Waals surface area (Å²) in [5, 5.41) is 7.80. The fourth-order valence-corrected chi connectivity index (χ4v) is 3.08. The van der Waals surface area contributed by atoms with Gasteiger partial charge in [-0.15, -0.1) is 22.7 Å². The molecule has 5 nitrogen and oxygen atoms in total. The molecule has 0 atom stereocenters. The lowest BCUT2D eigenvalue weighted by atomic mass is 10.3. The van der Waals surface area contributed by atoms with Crippen LogP contribution in [0, 0.1) is 6.92 Å². The second-order valence-electron chi connectivity index (χ2n) is 3.82. The monoisotopic (exact) mass is 290 g/mol. The summed E-state index contributed by atoms with van der Waals surface area (Å²) in [4.78, 5) is 18.2. The molecule has 7 heteroatoms. The van der Waals surface area contributed by atoms with Gasteiger partial charge < -0.3 is 0 Å².